The van der Waals surface area contributed by atoms with Gasteiger partial charge in [-0.2, -0.15) is 0 Å². The van der Waals surface area contributed by atoms with Crippen LogP contribution in [0.1, 0.15) is 86.3 Å². The smallest absolute Gasteiger partial charge is 0.326 e. The molecule has 0 unspecified atom stereocenters. The molecule has 3 rings (SSSR count). The van der Waals surface area contributed by atoms with Crippen molar-refractivity contribution in [2.75, 3.05) is 7.05 Å². The van der Waals surface area contributed by atoms with Gasteiger partial charge in [0.25, 0.3) is 5.91 Å². The molecule has 3 N–H and O–H groups in total. The number of rotatable bonds is 9. The van der Waals surface area contributed by atoms with E-state index >= 15 is 0 Å². The number of esters is 1. The van der Waals surface area contributed by atoms with Gasteiger partial charge in [0, 0.05) is 26.2 Å². The summed E-state index contributed by atoms with van der Waals surface area (Å²) < 4.78 is 5.67. The van der Waals surface area contributed by atoms with Gasteiger partial charge in [-0.05, 0) is 68.2 Å². The number of nitrogens with one attached hydrogen (secondary N) is 1. The highest BCUT2D eigenvalue weighted by molar-refractivity contribution is 5.97. The molecule has 0 atom stereocenters. The first kappa shape index (κ1) is 26.5. The van der Waals surface area contributed by atoms with Gasteiger partial charge in [-0.1, -0.05) is 38.1 Å². The molecule has 0 spiro atoms. The first-order valence-electron chi connectivity index (χ1n) is 12.3. The Bertz CT molecular complexity index is 1060. The van der Waals surface area contributed by atoms with Crippen LogP contribution in [0.3, 0.4) is 0 Å². The Morgan fingerprint density at radius 2 is 1.74 bits per heavy atom. The number of nitrogens with zero attached hydrogens (tertiary/aromatic N) is 1. The Labute approximate surface area is 208 Å². The zero-order valence-electron chi connectivity index (χ0n) is 21.4. The van der Waals surface area contributed by atoms with Gasteiger partial charge >= 0.3 is 5.97 Å². The minimum atomic E-state index is -0.810. The monoisotopic (exact) mass is 482 g/mol. The fourth-order valence-electron chi connectivity index (χ4n) is 4.32. The Morgan fingerprint density at radius 1 is 1.09 bits per heavy atom. The Hall–Kier alpha value is -3.06. The molecule has 0 radical (unpaired) electrons. The largest absolute Gasteiger partial charge is 0.508 e. The summed E-state index contributed by atoms with van der Waals surface area (Å²) in [7, 11) is 1.68. The van der Waals surface area contributed by atoms with E-state index in [1.165, 1.54) is 11.0 Å². The van der Waals surface area contributed by atoms with Crippen molar-refractivity contribution in [2.24, 2.45) is 0 Å². The van der Waals surface area contributed by atoms with Crippen LogP contribution in [0.25, 0.3) is 0 Å². The second kappa shape index (κ2) is 11.1. The molecule has 0 aliphatic heterocycles. The summed E-state index contributed by atoms with van der Waals surface area (Å²) in [5, 5.41) is 23.6. The molecule has 1 fully saturated rings. The Morgan fingerprint density at radius 3 is 2.40 bits per heavy atom. The summed E-state index contributed by atoms with van der Waals surface area (Å²) in [4.78, 5) is 27.2. The second-order valence-electron chi connectivity index (χ2n) is 10.4. The van der Waals surface area contributed by atoms with E-state index in [4.69, 9.17) is 4.74 Å². The molecular formula is C28H38N2O5. The number of carbonyl (C=O) groups is 2. The number of aromatic hydroxyl groups is 2. The Kier molecular flexibility index (Phi) is 8.43. The Balaban J connectivity index is 1.63. The third-order valence-electron chi connectivity index (χ3n) is 6.58. The summed E-state index contributed by atoms with van der Waals surface area (Å²) >= 11 is 0. The maximum atomic E-state index is 13.0. The van der Waals surface area contributed by atoms with E-state index in [9.17, 15) is 19.8 Å². The summed E-state index contributed by atoms with van der Waals surface area (Å²) in [6.45, 7) is 8.32. The zero-order valence-corrected chi connectivity index (χ0v) is 21.4. The van der Waals surface area contributed by atoms with Gasteiger partial charge in [-0.15, -0.1) is 0 Å². The van der Waals surface area contributed by atoms with Crippen LogP contribution >= 0.6 is 0 Å². The summed E-state index contributed by atoms with van der Waals surface area (Å²) in [5.74, 6) is -0.819. The topological polar surface area (TPSA) is 99.1 Å². The van der Waals surface area contributed by atoms with Crippen LogP contribution in [0.15, 0.2) is 36.4 Å². The molecule has 7 nitrogen and oxygen atoms in total. The molecular weight excluding hydrogens is 444 g/mol. The van der Waals surface area contributed by atoms with Crippen LogP contribution in [0.5, 0.6) is 11.5 Å². The van der Waals surface area contributed by atoms with Crippen molar-refractivity contribution in [2.45, 2.75) is 84.0 Å². The van der Waals surface area contributed by atoms with E-state index in [-0.39, 0.29) is 41.0 Å². The number of hydrogen-bond donors (Lipinski definition) is 3. The molecule has 2 aromatic carbocycles. The van der Waals surface area contributed by atoms with E-state index in [0.29, 0.717) is 18.7 Å². The third-order valence-corrected chi connectivity index (χ3v) is 6.58. The highest BCUT2D eigenvalue weighted by Crippen LogP contribution is 2.33. The van der Waals surface area contributed by atoms with Gasteiger partial charge in [0.1, 0.15) is 23.1 Å². The number of carbonyl (C=O) groups excluding carboxylic acids is 2. The molecule has 0 bridgehead atoms. The van der Waals surface area contributed by atoms with Gasteiger partial charge in [-0.25, -0.2) is 0 Å². The quantitative estimate of drug-likeness (QED) is 0.442. The average molecular weight is 483 g/mol. The van der Waals surface area contributed by atoms with Gasteiger partial charge in [0.15, 0.2) is 0 Å². The van der Waals surface area contributed by atoms with Crippen LogP contribution in [0.2, 0.25) is 0 Å². The standard InChI is InChI=1S/C28H38N2O5/c1-18(2)22-14-23(25(32)15-24(22)31)26(33)30(5)17-20-10-8-9-19(13-20)16-29-28(3,4)27(34)35-21-11-6-7-12-21/h8-10,13-15,18,21,29,31-32H,6-7,11-12,16-17H2,1-5H3. The fourth-order valence-corrected chi connectivity index (χ4v) is 4.32. The number of ether oxygens (including phenoxy) is 1. The predicted octanol–water partition coefficient (Wildman–Crippen LogP) is 4.85. The number of amides is 1. The van der Waals surface area contributed by atoms with Crippen molar-refractivity contribution < 1.29 is 24.5 Å². The number of benzene rings is 2. The molecule has 0 heterocycles. The summed E-state index contributed by atoms with van der Waals surface area (Å²) in [6, 6.07) is 10.6. The second-order valence-corrected chi connectivity index (χ2v) is 10.4. The lowest BCUT2D eigenvalue weighted by molar-refractivity contribution is -0.155. The zero-order chi connectivity index (χ0) is 25.8. The molecule has 1 aliphatic carbocycles. The van der Waals surface area contributed by atoms with E-state index in [1.807, 2.05) is 52.0 Å². The van der Waals surface area contributed by atoms with Crippen molar-refractivity contribution in [3.05, 3.63) is 58.7 Å². The summed E-state index contributed by atoms with van der Waals surface area (Å²) in [5.41, 5.74) is 1.88. The highest BCUT2D eigenvalue weighted by Gasteiger charge is 2.31. The molecule has 7 heteroatoms. The van der Waals surface area contributed by atoms with E-state index < -0.39 is 5.54 Å². The van der Waals surface area contributed by atoms with Crippen LogP contribution in [0.4, 0.5) is 0 Å². The minimum absolute atomic E-state index is 0.0105. The fraction of sp³-hybridized carbons (Fsp3) is 0.500. The van der Waals surface area contributed by atoms with Crippen molar-refractivity contribution >= 4 is 11.9 Å². The van der Waals surface area contributed by atoms with E-state index in [0.717, 1.165) is 36.8 Å². The molecule has 1 aliphatic rings. The van der Waals surface area contributed by atoms with Crippen LogP contribution in [0, 0.1) is 0 Å². The first-order chi connectivity index (χ1) is 16.5. The molecule has 0 saturated heterocycles. The molecule has 0 aromatic heterocycles. The molecule has 190 valence electrons. The van der Waals surface area contributed by atoms with Crippen LogP contribution < -0.4 is 5.32 Å². The lowest BCUT2D eigenvalue weighted by Crippen LogP contribution is -2.48. The minimum Gasteiger partial charge on any atom is -0.508 e. The lowest BCUT2D eigenvalue weighted by atomic mass is 9.98. The number of hydrogen-bond acceptors (Lipinski definition) is 6. The number of phenolic OH excluding ortho intramolecular Hbond substituents is 2. The third kappa shape index (κ3) is 6.75. The van der Waals surface area contributed by atoms with Crippen molar-refractivity contribution in [1.29, 1.82) is 0 Å². The predicted molar refractivity (Wildman–Crippen MR) is 135 cm³/mol. The van der Waals surface area contributed by atoms with Gasteiger partial charge in [-0.3, -0.25) is 14.9 Å². The van der Waals surface area contributed by atoms with E-state index in [2.05, 4.69) is 5.32 Å². The lowest BCUT2D eigenvalue weighted by Gasteiger charge is -2.26. The van der Waals surface area contributed by atoms with Gasteiger partial charge < -0.3 is 19.8 Å². The van der Waals surface area contributed by atoms with Crippen molar-refractivity contribution in [3.63, 3.8) is 0 Å². The SMILES string of the molecule is CC(C)c1cc(C(=O)N(C)Cc2cccc(CNC(C)(C)C(=O)OC3CCCC3)c2)c(O)cc1O. The van der Waals surface area contributed by atoms with Gasteiger partial charge in [0.05, 0.1) is 5.56 Å². The van der Waals surface area contributed by atoms with Crippen LogP contribution in [-0.4, -0.2) is 45.7 Å². The average Bonchev–Trinajstić information content (AvgIpc) is 3.30. The molecule has 1 amide bonds. The van der Waals surface area contributed by atoms with Crippen LogP contribution in [-0.2, 0) is 22.6 Å². The first-order valence-corrected chi connectivity index (χ1v) is 12.3. The van der Waals surface area contributed by atoms with Crippen molar-refractivity contribution in [3.8, 4) is 11.5 Å². The van der Waals surface area contributed by atoms with E-state index in [1.54, 1.807) is 13.1 Å². The van der Waals surface area contributed by atoms with Crippen molar-refractivity contribution in [1.82, 2.24) is 10.2 Å². The molecule has 2 aromatic rings. The maximum Gasteiger partial charge on any atom is 0.326 e. The highest BCUT2D eigenvalue weighted by atomic mass is 16.5. The normalized spacial score (nSPS) is 14.3. The van der Waals surface area contributed by atoms with Gasteiger partial charge in [0.2, 0.25) is 0 Å². The molecule has 1 saturated carbocycles. The summed E-state index contributed by atoms with van der Waals surface area (Å²) in [6.07, 6.45) is 4.14. The maximum absolute atomic E-state index is 13.0. The number of phenols is 2. The molecule has 35 heavy (non-hydrogen) atoms.